The van der Waals surface area contributed by atoms with Gasteiger partial charge in [-0.2, -0.15) is 0 Å². The van der Waals surface area contributed by atoms with Gasteiger partial charge in [-0.25, -0.2) is 4.98 Å². The largest absolute Gasteiger partial charge is 0.364 e. The van der Waals surface area contributed by atoms with E-state index in [4.69, 9.17) is 0 Å². The molecule has 5 nitrogen and oxygen atoms in total. The Morgan fingerprint density at radius 3 is 2.68 bits per heavy atom. The van der Waals surface area contributed by atoms with Gasteiger partial charge in [0, 0.05) is 32.0 Å². The second-order valence-electron chi connectivity index (χ2n) is 4.64. The molecule has 1 N–H and O–H groups in total. The molecule has 108 valence electrons. The average molecular weight is 266 g/mol. The Balaban J connectivity index is 2.53. The van der Waals surface area contributed by atoms with Gasteiger partial charge >= 0.3 is 0 Å². The number of aromatic nitrogens is 2. The van der Waals surface area contributed by atoms with Crippen molar-refractivity contribution < 1.29 is 0 Å². The number of likely N-dealkylation sites (N-methyl/N-ethyl adjacent to an activating group) is 1. The molecule has 1 rings (SSSR count). The van der Waals surface area contributed by atoms with Crippen LogP contribution in [0.1, 0.15) is 33.6 Å². The molecule has 19 heavy (non-hydrogen) atoms. The zero-order valence-electron chi connectivity index (χ0n) is 12.4. The Morgan fingerprint density at radius 2 is 2.05 bits per heavy atom. The van der Waals surface area contributed by atoms with E-state index in [0.29, 0.717) is 5.82 Å². The summed E-state index contributed by atoms with van der Waals surface area (Å²) in [6.45, 7) is 11.0. The monoisotopic (exact) mass is 266 g/mol. The van der Waals surface area contributed by atoms with Gasteiger partial charge in [-0.05, 0) is 25.9 Å². The third-order valence-corrected chi connectivity index (χ3v) is 3.09. The first-order valence-electron chi connectivity index (χ1n) is 7.24. The number of hydrogen-bond donors (Lipinski definition) is 1. The first-order valence-corrected chi connectivity index (χ1v) is 7.24. The van der Waals surface area contributed by atoms with Crippen molar-refractivity contribution in [2.75, 3.05) is 31.5 Å². The van der Waals surface area contributed by atoms with Gasteiger partial charge in [-0.1, -0.05) is 20.8 Å². The molecule has 0 amide bonds. The molecule has 0 atom stereocenters. The van der Waals surface area contributed by atoms with Crippen molar-refractivity contribution in [2.45, 2.75) is 40.2 Å². The Morgan fingerprint density at radius 1 is 1.26 bits per heavy atom. The predicted octanol–water partition coefficient (Wildman–Crippen LogP) is 1.80. The lowest BCUT2D eigenvalue weighted by Crippen LogP contribution is -2.32. The number of nitrogens with one attached hydrogen (secondary N) is 1. The van der Waals surface area contributed by atoms with Gasteiger partial charge in [0.25, 0.3) is 5.56 Å². The average Bonchev–Trinajstić information content (AvgIpc) is 2.42. The van der Waals surface area contributed by atoms with Crippen LogP contribution in [0.5, 0.6) is 0 Å². The Bertz CT molecular complexity index is 416. The number of rotatable bonds is 9. The summed E-state index contributed by atoms with van der Waals surface area (Å²) in [6, 6.07) is 0. The van der Waals surface area contributed by atoms with Crippen LogP contribution in [0.2, 0.25) is 0 Å². The highest BCUT2D eigenvalue weighted by molar-refractivity contribution is 5.30. The first kappa shape index (κ1) is 15.7. The molecule has 0 aliphatic carbocycles. The molecule has 1 heterocycles. The topological polar surface area (TPSA) is 50.2 Å². The van der Waals surface area contributed by atoms with E-state index in [1.54, 1.807) is 17.0 Å². The van der Waals surface area contributed by atoms with Crippen molar-refractivity contribution in [2.24, 2.45) is 0 Å². The Kier molecular flexibility index (Phi) is 7.18. The first-order chi connectivity index (χ1) is 9.22. The van der Waals surface area contributed by atoms with Gasteiger partial charge in [0.15, 0.2) is 5.82 Å². The highest BCUT2D eigenvalue weighted by Crippen LogP contribution is 1.95. The number of hydrogen-bond acceptors (Lipinski definition) is 4. The molecule has 0 aliphatic rings. The predicted molar refractivity (Wildman–Crippen MR) is 79.7 cm³/mol. The van der Waals surface area contributed by atoms with E-state index >= 15 is 0 Å². The summed E-state index contributed by atoms with van der Waals surface area (Å²) >= 11 is 0. The summed E-state index contributed by atoms with van der Waals surface area (Å²) in [5.41, 5.74) is -0.0251. The molecule has 1 aromatic rings. The summed E-state index contributed by atoms with van der Waals surface area (Å²) < 4.78 is 1.71. The molecular weight excluding hydrogens is 240 g/mol. The van der Waals surface area contributed by atoms with Crippen molar-refractivity contribution in [1.82, 2.24) is 14.5 Å². The normalized spacial score (nSPS) is 10.9. The van der Waals surface area contributed by atoms with E-state index in [1.165, 1.54) is 0 Å². The summed E-state index contributed by atoms with van der Waals surface area (Å²) in [7, 11) is 0. The number of anilines is 1. The fourth-order valence-corrected chi connectivity index (χ4v) is 2.06. The van der Waals surface area contributed by atoms with Crippen LogP contribution < -0.4 is 10.9 Å². The van der Waals surface area contributed by atoms with Crippen LogP contribution in [0.3, 0.4) is 0 Å². The third kappa shape index (κ3) is 5.03. The molecule has 0 fully saturated rings. The van der Waals surface area contributed by atoms with Gasteiger partial charge in [0.1, 0.15) is 0 Å². The lowest BCUT2D eigenvalue weighted by atomic mass is 10.4. The summed E-state index contributed by atoms with van der Waals surface area (Å²) in [6.07, 6.45) is 5.53. The molecule has 1 aromatic heterocycles. The molecule has 0 radical (unpaired) electrons. The van der Waals surface area contributed by atoms with Crippen LogP contribution >= 0.6 is 0 Å². The van der Waals surface area contributed by atoms with Crippen LogP contribution in [0.25, 0.3) is 0 Å². The van der Waals surface area contributed by atoms with E-state index in [0.717, 1.165) is 45.6 Å². The second-order valence-corrected chi connectivity index (χ2v) is 4.64. The highest BCUT2D eigenvalue weighted by Gasteiger charge is 2.05. The molecule has 0 bridgehead atoms. The van der Waals surface area contributed by atoms with Gasteiger partial charge in [0.05, 0.1) is 0 Å². The smallest absolute Gasteiger partial charge is 0.293 e. The van der Waals surface area contributed by atoms with Crippen molar-refractivity contribution in [1.29, 1.82) is 0 Å². The van der Waals surface area contributed by atoms with Crippen molar-refractivity contribution in [3.8, 4) is 0 Å². The van der Waals surface area contributed by atoms with Gasteiger partial charge < -0.3 is 14.8 Å². The minimum Gasteiger partial charge on any atom is -0.364 e. The Labute approximate surface area is 115 Å². The van der Waals surface area contributed by atoms with Gasteiger partial charge in [-0.3, -0.25) is 4.79 Å². The van der Waals surface area contributed by atoms with Crippen molar-refractivity contribution in [3.63, 3.8) is 0 Å². The van der Waals surface area contributed by atoms with Crippen LogP contribution in [-0.4, -0.2) is 40.6 Å². The summed E-state index contributed by atoms with van der Waals surface area (Å²) in [5, 5.41) is 3.15. The molecule has 5 heteroatoms. The lowest BCUT2D eigenvalue weighted by Gasteiger charge is -2.19. The van der Waals surface area contributed by atoms with Crippen molar-refractivity contribution >= 4 is 5.82 Å². The van der Waals surface area contributed by atoms with Gasteiger partial charge in [0.2, 0.25) is 0 Å². The fraction of sp³-hybridized carbons (Fsp3) is 0.714. The molecule has 0 aromatic carbocycles. The summed E-state index contributed by atoms with van der Waals surface area (Å²) in [4.78, 5) is 18.5. The van der Waals surface area contributed by atoms with Crippen LogP contribution in [0.15, 0.2) is 17.2 Å². The minimum absolute atomic E-state index is 0.0251. The zero-order valence-corrected chi connectivity index (χ0v) is 12.4. The third-order valence-electron chi connectivity index (χ3n) is 3.09. The van der Waals surface area contributed by atoms with E-state index in [9.17, 15) is 4.79 Å². The quantitative estimate of drug-likeness (QED) is 0.740. The standard InChI is InChI=1S/C14H26N4O/c1-4-9-17(6-3)11-7-15-13-14(19)18(10-5-2)12-8-16-13/h8,12H,4-7,9-11H2,1-3H3,(H,15,16). The van der Waals surface area contributed by atoms with E-state index in [1.807, 2.05) is 0 Å². The summed E-state index contributed by atoms with van der Waals surface area (Å²) in [5.74, 6) is 0.462. The fourth-order valence-electron chi connectivity index (χ4n) is 2.06. The van der Waals surface area contributed by atoms with E-state index in [2.05, 4.69) is 36.0 Å². The lowest BCUT2D eigenvalue weighted by molar-refractivity contribution is 0.300. The molecule has 0 saturated heterocycles. The maximum atomic E-state index is 12.1. The molecular formula is C14H26N4O. The second kappa shape index (κ2) is 8.69. The SMILES string of the molecule is CCCN(CC)CCNc1nccn(CCC)c1=O. The molecule has 0 aliphatic heterocycles. The minimum atomic E-state index is -0.0251. The van der Waals surface area contributed by atoms with Crippen LogP contribution in [-0.2, 0) is 6.54 Å². The maximum Gasteiger partial charge on any atom is 0.293 e. The molecule has 0 spiro atoms. The highest BCUT2D eigenvalue weighted by atomic mass is 16.1. The number of nitrogens with zero attached hydrogens (tertiary/aromatic N) is 3. The van der Waals surface area contributed by atoms with E-state index < -0.39 is 0 Å². The van der Waals surface area contributed by atoms with Crippen LogP contribution in [0, 0.1) is 0 Å². The zero-order chi connectivity index (χ0) is 14.1. The maximum absolute atomic E-state index is 12.1. The number of aryl methyl sites for hydroxylation is 1. The van der Waals surface area contributed by atoms with Crippen LogP contribution in [0.4, 0.5) is 5.82 Å². The molecule has 0 unspecified atom stereocenters. The molecule has 0 saturated carbocycles. The van der Waals surface area contributed by atoms with Crippen molar-refractivity contribution in [3.05, 3.63) is 22.7 Å². The van der Waals surface area contributed by atoms with E-state index in [-0.39, 0.29) is 5.56 Å². The Hall–Kier alpha value is -1.36. The van der Waals surface area contributed by atoms with Gasteiger partial charge in [-0.15, -0.1) is 0 Å².